The number of halogens is 1. The number of carbonyl (C=O) groups is 1. The van der Waals surface area contributed by atoms with Crippen molar-refractivity contribution in [1.82, 2.24) is 15.1 Å². The maximum atomic E-state index is 12.6. The van der Waals surface area contributed by atoms with Crippen LogP contribution in [0.2, 0.25) is 0 Å². The third kappa shape index (κ3) is 5.47. The molecule has 0 bridgehead atoms. The molecule has 9 heteroatoms. The minimum absolute atomic E-state index is 0.106. The predicted molar refractivity (Wildman–Crippen MR) is 128 cm³/mol. The number of piperazine rings is 1. The number of nitrogens with one attached hydrogen (secondary N) is 1. The summed E-state index contributed by atoms with van der Waals surface area (Å²) >= 11 is 4.71. The van der Waals surface area contributed by atoms with Gasteiger partial charge in [-0.05, 0) is 46.7 Å². The van der Waals surface area contributed by atoms with E-state index in [2.05, 4.69) is 54.2 Å². The third-order valence-electron chi connectivity index (χ3n) is 5.18. The number of amides is 1. The monoisotopic (exact) mass is 501 g/mol. The molecule has 2 heterocycles. The standard InChI is InChI=1S/C22H24BrN5O2S/c1-2-27-11-13-28(14-12-27)19-10-6-5-9-18(19)24-20(29)15-31-22-26-25-21(30-22)16-7-3-4-8-17(16)23/h3-10H,2,11-15H2,1H3,(H,24,29). The molecule has 2 aromatic carbocycles. The normalized spacial score (nSPS) is 14.6. The topological polar surface area (TPSA) is 74.5 Å². The number of hydrogen-bond donors (Lipinski definition) is 1. The largest absolute Gasteiger partial charge is 0.411 e. The molecule has 0 aliphatic carbocycles. The lowest BCUT2D eigenvalue weighted by Crippen LogP contribution is -2.46. The summed E-state index contributed by atoms with van der Waals surface area (Å²) < 4.78 is 6.59. The molecular weight excluding hydrogens is 478 g/mol. The van der Waals surface area contributed by atoms with Gasteiger partial charge in [0.15, 0.2) is 0 Å². The molecule has 7 nitrogen and oxygen atoms in total. The lowest BCUT2D eigenvalue weighted by molar-refractivity contribution is -0.113. The van der Waals surface area contributed by atoms with Crippen LogP contribution in [0.4, 0.5) is 11.4 Å². The van der Waals surface area contributed by atoms with Gasteiger partial charge in [-0.25, -0.2) is 0 Å². The van der Waals surface area contributed by atoms with E-state index >= 15 is 0 Å². The molecule has 4 rings (SSSR count). The molecule has 0 saturated carbocycles. The van der Waals surface area contributed by atoms with Crippen molar-refractivity contribution in [2.24, 2.45) is 0 Å². The number of aromatic nitrogens is 2. The highest BCUT2D eigenvalue weighted by atomic mass is 79.9. The molecule has 162 valence electrons. The Morgan fingerprint density at radius 1 is 1.10 bits per heavy atom. The summed E-state index contributed by atoms with van der Waals surface area (Å²) in [6.45, 7) is 7.23. The van der Waals surface area contributed by atoms with Crippen molar-refractivity contribution in [2.75, 3.05) is 48.7 Å². The zero-order valence-electron chi connectivity index (χ0n) is 17.3. The first-order valence-electron chi connectivity index (χ1n) is 10.2. The Bertz CT molecular complexity index is 1040. The molecule has 0 spiro atoms. The minimum Gasteiger partial charge on any atom is -0.411 e. The average Bonchev–Trinajstić information content (AvgIpc) is 3.27. The van der Waals surface area contributed by atoms with Gasteiger partial charge in [-0.2, -0.15) is 0 Å². The average molecular weight is 502 g/mol. The second-order valence-corrected chi connectivity index (χ2v) is 8.91. The molecular formula is C22H24BrN5O2S. The van der Waals surface area contributed by atoms with Crippen LogP contribution < -0.4 is 10.2 Å². The highest BCUT2D eigenvalue weighted by Crippen LogP contribution is 2.30. The SMILES string of the molecule is CCN1CCN(c2ccccc2NC(=O)CSc2nnc(-c3ccccc3Br)o2)CC1. The smallest absolute Gasteiger partial charge is 0.277 e. The van der Waals surface area contributed by atoms with E-state index in [4.69, 9.17) is 4.42 Å². The molecule has 1 amide bonds. The van der Waals surface area contributed by atoms with E-state index in [1.807, 2.05) is 42.5 Å². The van der Waals surface area contributed by atoms with Gasteiger partial charge in [-0.3, -0.25) is 4.79 Å². The van der Waals surface area contributed by atoms with Gasteiger partial charge in [0, 0.05) is 30.7 Å². The van der Waals surface area contributed by atoms with Gasteiger partial charge in [0.05, 0.1) is 22.7 Å². The number of hydrogen-bond acceptors (Lipinski definition) is 7. The van der Waals surface area contributed by atoms with Crippen molar-refractivity contribution >= 4 is 45.0 Å². The number of rotatable bonds is 7. The Balaban J connectivity index is 1.35. The number of anilines is 2. The van der Waals surface area contributed by atoms with E-state index in [-0.39, 0.29) is 11.7 Å². The Kier molecular flexibility index (Phi) is 7.26. The van der Waals surface area contributed by atoms with Crippen molar-refractivity contribution in [3.8, 4) is 11.5 Å². The number of para-hydroxylation sites is 2. The van der Waals surface area contributed by atoms with E-state index in [0.29, 0.717) is 11.1 Å². The fourth-order valence-electron chi connectivity index (χ4n) is 3.49. The van der Waals surface area contributed by atoms with Crippen molar-refractivity contribution in [2.45, 2.75) is 12.1 Å². The van der Waals surface area contributed by atoms with E-state index < -0.39 is 0 Å². The van der Waals surface area contributed by atoms with E-state index in [1.54, 1.807) is 0 Å². The highest BCUT2D eigenvalue weighted by molar-refractivity contribution is 9.10. The summed E-state index contributed by atoms with van der Waals surface area (Å²) in [6.07, 6.45) is 0. The van der Waals surface area contributed by atoms with E-state index in [0.717, 1.165) is 54.1 Å². The second kappa shape index (κ2) is 10.3. The molecule has 0 radical (unpaired) electrons. The molecule has 0 unspecified atom stereocenters. The van der Waals surface area contributed by atoms with Crippen molar-refractivity contribution in [1.29, 1.82) is 0 Å². The van der Waals surface area contributed by atoms with Crippen molar-refractivity contribution in [3.05, 3.63) is 53.0 Å². The zero-order valence-corrected chi connectivity index (χ0v) is 19.7. The summed E-state index contributed by atoms with van der Waals surface area (Å²) in [4.78, 5) is 17.4. The van der Waals surface area contributed by atoms with Gasteiger partial charge in [0.25, 0.3) is 5.22 Å². The van der Waals surface area contributed by atoms with Crippen LogP contribution in [0.5, 0.6) is 0 Å². The number of nitrogens with zero attached hydrogens (tertiary/aromatic N) is 4. The van der Waals surface area contributed by atoms with Crippen LogP contribution in [-0.2, 0) is 4.79 Å². The van der Waals surface area contributed by atoms with Gasteiger partial charge in [-0.15, -0.1) is 10.2 Å². The van der Waals surface area contributed by atoms with Crippen molar-refractivity contribution < 1.29 is 9.21 Å². The summed E-state index contributed by atoms with van der Waals surface area (Å²) in [7, 11) is 0. The summed E-state index contributed by atoms with van der Waals surface area (Å²) in [6, 6.07) is 15.6. The van der Waals surface area contributed by atoms with Crippen LogP contribution in [-0.4, -0.2) is 59.5 Å². The van der Waals surface area contributed by atoms with Crippen LogP contribution in [0.1, 0.15) is 6.92 Å². The number of likely N-dealkylation sites (N-methyl/N-ethyl adjacent to an activating group) is 1. The first-order chi connectivity index (χ1) is 15.1. The summed E-state index contributed by atoms with van der Waals surface area (Å²) in [5.74, 6) is 0.507. The lowest BCUT2D eigenvalue weighted by atomic mass is 10.2. The summed E-state index contributed by atoms with van der Waals surface area (Å²) in [5, 5.41) is 11.5. The Morgan fingerprint density at radius 2 is 1.84 bits per heavy atom. The number of benzene rings is 2. The summed E-state index contributed by atoms with van der Waals surface area (Å²) in [5.41, 5.74) is 2.71. The second-order valence-electron chi connectivity index (χ2n) is 7.13. The fourth-order valence-corrected chi connectivity index (χ4v) is 4.50. The van der Waals surface area contributed by atoms with E-state index in [1.165, 1.54) is 11.8 Å². The molecule has 1 aliphatic heterocycles. The van der Waals surface area contributed by atoms with Crippen LogP contribution in [0.15, 0.2) is 62.6 Å². The Morgan fingerprint density at radius 3 is 2.61 bits per heavy atom. The van der Waals surface area contributed by atoms with Crippen LogP contribution >= 0.6 is 27.7 Å². The number of thioether (sulfide) groups is 1. The maximum Gasteiger partial charge on any atom is 0.277 e. The zero-order chi connectivity index (χ0) is 21.6. The lowest BCUT2D eigenvalue weighted by Gasteiger charge is -2.36. The molecule has 1 saturated heterocycles. The predicted octanol–water partition coefficient (Wildman–Crippen LogP) is 4.37. The van der Waals surface area contributed by atoms with Gasteiger partial charge < -0.3 is 19.5 Å². The van der Waals surface area contributed by atoms with Crippen LogP contribution in [0.3, 0.4) is 0 Å². The van der Waals surface area contributed by atoms with Gasteiger partial charge in [0.2, 0.25) is 11.8 Å². The molecule has 3 aromatic rings. The molecule has 1 N–H and O–H groups in total. The molecule has 1 aromatic heterocycles. The molecule has 0 atom stereocenters. The Labute approximate surface area is 194 Å². The first-order valence-corrected chi connectivity index (χ1v) is 12.0. The quantitative estimate of drug-likeness (QED) is 0.481. The molecule has 31 heavy (non-hydrogen) atoms. The van der Waals surface area contributed by atoms with Crippen LogP contribution in [0.25, 0.3) is 11.5 Å². The highest BCUT2D eigenvalue weighted by Gasteiger charge is 2.19. The maximum absolute atomic E-state index is 12.6. The van der Waals surface area contributed by atoms with Gasteiger partial charge in [0.1, 0.15) is 0 Å². The third-order valence-corrected chi connectivity index (χ3v) is 6.69. The fraction of sp³-hybridized carbons (Fsp3) is 0.318. The first kappa shape index (κ1) is 21.9. The van der Waals surface area contributed by atoms with E-state index in [9.17, 15) is 4.79 Å². The Hall–Kier alpha value is -2.36. The van der Waals surface area contributed by atoms with Crippen LogP contribution in [0, 0.1) is 0 Å². The van der Waals surface area contributed by atoms with Gasteiger partial charge in [-0.1, -0.05) is 43.0 Å². The molecule has 1 fully saturated rings. The molecule has 1 aliphatic rings. The number of carbonyl (C=O) groups excluding carboxylic acids is 1. The minimum atomic E-state index is -0.106. The van der Waals surface area contributed by atoms with Gasteiger partial charge >= 0.3 is 0 Å². The van der Waals surface area contributed by atoms with Crippen molar-refractivity contribution in [3.63, 3.8) is 0 Å².